The molecular formula is C25H38O5. The summed E-state index contributed by atoms with van der Waals surface area (Å²) in [6.07, 6.45) is 10.3. The van der Waals surface area contributed by atoms with Gasteiger partial charge in [-0.1, -0.05) is 33.3 Å². The Morgan fingerprint density at radius 3 is 2.43 bits per heavy atom. The van der Waals surface area contributed by atoms with Gasteiger partial charge in [-0.2, -0.15) is 0 Å². The first-order valence-corrected chi connectivity index (χ1v) is 11.5. The van der Waals surface area contributed by atoms with E-state index in [1.807, 2.05) is 13.0 Å². The summed E-state index contributed by atoms with van der Waals surface area (Å²) in [5.41, 5.74) is -0.371. The highest BCUT2D eigenvalue weighted by Crippen LogP contribution is 2.65. The van der Waals surface area contributed by atoms with Crippen molar-refractivity contribution in [3.8, 4) is 0 Å². The van der Waals surface area contributed by atoms with E-state index in [9.17, 15) is 15.0 Å². The summed E-state index contributed by atoms with van der Waals surface area (Å²) in [6, 6.07) is 0. The molecule has 5 nitrogen and oxygen atoms in total. The fourth-order valence-electron chi connectivity index (χ4n) is 7.73. The molecule has 3 fully saturated rings. The molecule has 0 radical (unpaired) electrons. The van der Waals surface area contributed by atoms with Crippen molar-refractivity contribution in [1.82, 2.24) is 0 Å². The summed E-state index contributed by atoms with van der Waals surface area (Å²) in [5, 5.41) is 22.0. The molecule has 0 bridgehead atoms. The molecule has 2 N–H and O–H groups in total. The number of ether oxygens (including phenoxy) is 2. The molecule has 0 aromatic carbocycles. The molecule has 0 unspecified atom stereocenters. The average molecular weight is 419 g/mol. The van der Waals surface area contributed by atoms with Crippen LogP contribution in [0.2, 0.25) is 0 Å². The van der Waals surface area contributed by atoms with Gasteiger partial charge in [-0.05, 0) is 75.2 Å². The molecule has 2 aliphatic heterocycles. The Bertz CT molecular complexity index is 799. The van der Waals surface area contributed by atoms with Crippen LogP contribution in [0, 0.1) is 22.7 Å². The molecule has 30 heavy (non-hydrogen) atoms. The first-order chi connectivity index (χ1) is 13.7. The molecular weight excluding hydrogens is 380 g/mol. The molecule has 0 aromatic rings. The van der Waals surface area contributed by atoms with Gasteiger partial charge in [-0.25, -0.2) is 4.79 Å². The maximum atomic E-state index is 11.5. The van der Waals surface area contributed by atoms with E-state index < -0.39 is 23.0 Å². The zero-order chi connectivity index (χ0) is 22.2. The third kappa shape index (κ3) is 3.28. The number of carbonyl (C=O) groups is 1. The lowest BCUT2D eigenvalue weighted by atomic mass is 9.43. The topological polar surface area (TPSA) is 76.0 Å². The first-order valence-electron chi connectivity index (χ1n) is 11.5. The van der Waals surface area contributed by atoms with E-state index in [1.165, 1.54) is 18.9 Å². The zero-order valence-corrected chi connectivity index (χ0v) is 19.3. The smallest absolute Gasteiger partial charge is 0.333 e. The Hall–Kier alpha value is -1.17. The SMILES string of the molecule is CC1=CC(=O)O[C@@]1(O)/C=C/[C@@]1(C)CC[C@H]2[C@@]3(C)CCCC(C)(C)[C@H]3[C@@H](O)C[C@@]2(C)O1. The molecule has 0 aromatic heterocycles. The summed E-state index contributed by atoms with van der Waals surface area (Å²) < 4.78 is 11.9. The number of aliphatic hydroxyl groups is 2. The Morgan fingerprint density at radius 2 is 1.80 bits per heavy atom. The lowest BCUT2D eigenvalue weighted by Crippen LogP contribution is -2.66. The fraction of sp³-hybridized carbons (Fsp3) is 0.800. The van der Waals surface area contributed by atoms with Gasteiger partial charge in [0, 0.05) is 18.1 Å². The van der Waals surface area contributed by atoms with Crippen LogP contribution in [0.4, 0.5) is 0 Å². The molecule has 0 amide bonds. The van der Waals surface area contributed by atoms with E-state index >= 15 is 0 Å². The summed E-state index contributed by atoms with van der Waals surface area (Å²) in [6.45, 7) is 12.9. The zero-order valence-electron chi connectivity index (χ0n) is 19.3. The number of esters is 1. The van der Waals surface area contributed by atoms with Crippen molar-refractivity contribution in [3.05, 3.63) is 23.8 Å². The van der Waals surface area contributed by atoms with Crippen molar-refractivity contribution in [2.75, 3.05) is 0 Å². The largest absolute Gasteiger partial charge is 0.422 e. The minimum Gasteiger partial charge on any atom is -0.422 e. The molecule has 5 heteroatoms. The maximum Gasteiger partial charge on any atom is 0.333 e. The van der Waals surface area contributed by atoms with E-state index in [-0.39, 0.29) is 22.9 Å². The van der Waals surface area contributed by atoms with Crippen LogP contribution in [0.15, 0.2) is 23.8 Å². The summed E-state index contributed by atoms with van der Waals surface area (Å²) in [4.78, 5) is 11.5. The highest BCUT2D eigenvalue weighted by atomic mass is 16.7. The number of hydrogen-bond acceptors (Lipinski definition) is 5. The summed E-state index contributed by atoms with van der Waals surface area (Å²) >= 11 is 0. The van der Waals surface area contributed by atoms with E-state index in [0.29, 0.717) is 17.9 Å². The highest BCUT2D eigenvalue weighted by Gasteiger charge is 2.64. The second-order valence-electron chi connectivity index (χ2n) is 11.7. The third-order valence-electron chi connectivity index (χ3n) is 8.83. The van der Waals surface area contributed by atoms with Crippen molar-refractivity contribution >= 4 is 5.97 Å². The van der Waals surface area contributed by atoms with Gasteiger partial charge >= 0.3 is 5.97 Å². The van der Waals surface area contributed by atoms with Crippen LogP contribution in [0.5, 0.6) is 0 Å². The molecule has 1 saturated heterocycles. The van der Waals surface area contributed by atoms with Gasteiger partial charge in [-0.3, -0.25) is 0 Å². The average Bonchev–Trinajstić information content (AvgIpc) is 2.83. The number of fused-ring (bicyclic) bond motifs is 3. The Balaban J connectivity index is 1.60. The van der Waals surface area contributed by atoms with E-state index in [2.05, 4.69) is 27.7 Å². The molecule has 0 spiro atoms. The summed E-state index contributed by atoms with van der Waals surface area (Å²) in [7, 11) is 0. The molecule has 2 saturated carbocycles. The normalized spacial score (nSPS) is 50.6. The second-order valence-corrected chi connectivity index (χ2v) is 11.7. The number of rotatable bonds is 2. The summed E-state index contributed by atoms with van der Waals surface area (Å²) in [5.74, 6) is -1.56. The number of cyclic esters (lactones) is 1. The van der Waals surface area contributed by atoms with Gasteiger partial charge < -0.3 is 19.7 Å². The van der Waals surface area contributed by atoms with Crippen molar-refractivity contribution in [1.29, 1.82) is 0 Å². The van der Waals surface area contributed by atoms with Crippen LogP contribution in [0.1, 0.15) is 80.1 Å². The maximum absolute atomic E-state index is 11.5. The molecule has 7 atom stereocenters. The molecule has 2 aliphatic carbocycles. The van der Waals surface area contributed by atoms with Crippen LogP contribution in [0.3, 0.4) is 0 Å². The van der Waals surface area contributed by atoms with Gasteiger partial charge in [0.1, 0.15) is 0 Å². The lowest BCUT2D eigenvalue weighted by Gasteiger charge is -2.66. The van der Waals surface area contributed by atoms with Crippen LogP contribution < -0.4 is 0 Å². The number of hydrogen-bond donors (Lipinski definition) is 2. The molecule has 4 aliphatic rings. The van der Waals surface area contributed by atoms with Crippen LogP contribution in [-0.4, -0.2) is 39.3 Å². The predicted molar refractivity (Wildman–Crippen MR) is 114 cm³/mol. The minimum absolute atomic E-state index is 0.0533. The van der Waals surface area contributed by atoms with Gasteiger partial charge in [-0.15, -0.1) is 0 Å². The predicted octanol–water partition coefficient (Wildman–Crippen LogP) is 4.28. The van der Waals surface area contributed by atoms with Crippen molar-refractivity contribution < 1.29 is 24.5 Å². The quantitative estimate of drug-likeness (QED) is 0.517. The third-order valence-corrected chi connectivity index (χ3v) is 8.83. The van der Waals surface area contributed by atoms with Crippen molar-refractivity contribution in [3.63, 3.8) is 0 Å². The number of aliphatic hydroxyl groups excluding tert-OH is 1. The molecule has 2 heterocycles. The van der Waals surface area contributed by atoms with E-state index in [4.69, 9.17) is 9.47 Å². The van der Waals surface area contributed by atoms with Crippen LogP contribution in [0.25, 0.3) is 0 Å². The van der Waals surface area contributed by atoms with Crippen molar-refractivity contribution in [2.45, 2.75) is 103 Å². The standard InChI is InChI=1S/C25H38O5/c1-16-14-19(27)29-25(16,28)13-12-22(4)11-8-18-23(5)10-7-9-21(2,3)20(23)17(26)15-24(18,6)30-22/h12-14,17-18,20,26,28H,7-11,15H2,1-6H3/b13-12+/t17-,18-,20+,22+,23+,24+,25-/m0/s1. The van der Waals surface area contributed by atoms with Gasteiger partial charge in [0.25, 0.3) is 5.79 Å². The molecule has 168 valence electrons. The van der Waals surface area contributed by atoms with Gasteiger partial charge in [0.05, 0.1) is 17.3 Å². The van der Waals surface area contributed by atoms with Gasteiger partial charge in [0.2, 0.25) is 0 Å². The van der Waals surface area contributed by atoms with E-state index in [0.717, 1.165) is 19.3 Å². The van der Waals surface area contributed by atoms with E-state index in [1.54, 1.807) is 13.0 Å². The molecule has 4 rings (SSSR count). The minimum atomic E-state index is -1.70. The Morgan fingerprint density at radius 1 is 1.10 bits per heavy atom. The second kappa shape index (κ2) is 6.66. The van der Waals surface area contributed by atoms with Gasteiger partial charge in [0.15, 0.2) is 0 Å². The number of carbonyl (C=O) groups excluding carboxylic acids is 1. The van der Waals surface area contributed by atoms with Crippen molar-refractivity contribution in [2.24, 2.45) is 22.7 Å². The fourth-order valence-corrected chi connectivity index (χ4v) is 7.73. The van der Waals surface area contributed by atoms with Crippen LogP contribution >= 0.6 is 0 Å². The Labute approximate surface area is 180 Å². The Kier molecular flexibility index (Phi) is 4.90. The lowest BCUT2D eigenvalue weighted by molar-refractivity contribution is -0.277. The highest BCUT2D eigenvalue weighted by molar-refractivity contribution is 5.86. The first kappa shape index (κ1) is 22.0. The van der Waals surface area contributed by atoms with Crippen LogP contribution in [-0.2, 0) is 14.3 Å². The monoisotopic (exact) mass is 418 g/mol.